The zero-order chi connectivity index (χ0) is 21.3. The Labute approximate surface area is 173 Å². The minimum absolute atomic E-state index is 0.255. The van der Waals surface area contributed by atoms with Gasteiger partial charge >= 0.3 is 6.18 Å². The van der Waals surface area contributed by atoms with Crippen molar-refractivity contribution in [2.24, 2.45) is 0 Å². The first-order valence-electron chi connectivity index (χ1n) is 8.97. The van der Waals surface area contributed by atoms with E-state index in [0.29, 0.717) is 29.2 Å². The predicted octanol–water partition coefficient (Wildman–Crippen LogP) is 6.22. The molecule has 4 nitrogen and oxygen atoms in total. The highest BCUT2D eigenvalue weighted by Gasteiger charge is 2.35. The van der Waals surface area contributed by atoms with Crippen LogP contribution >= 0.6 is 11.3 Å². The van der Waals surface area contributed by atoms with Crippen LogP contribution in [0.3, 0.4) is 0 Å². The summed E-state index contributed by atoms with van der Waals surface area (Å²) in [6.07, 6.45) is -4.59. The highest BCUT2D eigenvalue weighted by molar-refractivity contribution is 7.12. The lowest BCUT2D eigenvalue weighted by Gasteiger charge is -2.06. The maximum absolute atomic E-state index is 13.3. The van der Waals surface area contributed by atoms with Crippen molar-refractivity contribution in [3.63, 3.8) is 0 Å². The first-order valence-corrected chi connectivity index (χ1v) is 9.85. The number of benzene rings is 2. The van der Waals surface area contributed by atoms with Crippen molar-refractivity contribution in [3.05, 3.63) is 71.5 Å². The fourth-order valence-corrected chi connectivity index (χ4v) is 3.67. The molecule has 154 valence electrons. The summed E-state index contributed by atoms with van der Waals surface area (Å²) in [6, 6.07) is 13.4. The van der Waals surface area contributed by atoms with Gasteiger partial charge in [-0.2, -0.15) is 18.3 Å². The Morgan fingerprint density at radius 1 is 1.00 bits per heavy atom. The third-order valence-corrected chi connectivity index (χ3v) is 5.09. The van der Waals surface area contributed by atoms with Gasteiger partial charge in [-0.3, -0.25) is 0 Å². The van der Waals surface area contributed by atoms with Crippen molar-refractivity contribution >= 4 is 11.3 Å². The number of rotatable bonds is 5. The zero-order valence-corrected chi connectivity index (χ0v) is 16.5. The molecule has 0 unspecified atom stereocenters. The number of hydrogen-bond donors (Lipinski definition) is 0. The van der Waals surface area contributed by atoms with Crippen molar-refractivity contribution < 1.29 is 22.3 Å². The lowest BCUT2D eigenvalue weighted by atomic mass is 10.1. The van der Waals surface area contributed by atoms with Gasteiger partial charge in [-0.05, 0) is 61.5 Å². The van der Waals surface area contributed by atoms with Crippen LogP contribution < -0.4 is 4.74 Å². The van der Waals surface area contributed by atoms with E-state index in [-0.39, 0.29) is 16.6 Å². The van der Waals surface area contributed by atoms with Crippen LogP contribution in [0.5, 0.6) is 5.75 Å². The molecule has 0 bridgehead atoms. The predicted molar refractivity (Wildman–Crippen MR) is 106 cm³/mol. The molecule has 2 aromatic heterocycles. The molecule has 0 aliphatic heterocycles. The SMILES string of the molecule is CCOc1ccc(-c2cc(C(F)(F)F)nn2-c2nc(-c3ccc(F)cc3)cs2)cc1. The van der Waals surface area contributed by atoms with E-state index in [1.54, 1.807) is 41.8 Å². The minimum Gasteiger partial charge on any atom is -0.494 e. The minimum atomic E-state index is -4.59. The van der Waals surface area contributed by atoms with Crippen LogP contribution in [0.15, 0.2) is 60.0 Å². The van der Waals surface area contributed by atoms with Crippen molar-refractivity contribution in [1.29, 1.82) is 0 Å². The Bertz CT molecular complexity index is 1150. The van der Waals surface area contributed by atoms with Gasteiger partial charge in [-0.25, -0.2) is 14.1 Å². The maximum Gasteiger partial charge on any atom is 0.435 e. The standard InChI is InChI=1S/C21H15F4N3OS/c1-2-29-16-9-5-14(6-10-16)18-11-19(21(23,24)25)27-28(18)20-26-17(12-30-20)13-3-7-15(22)8-4-13/h3-12H,2H2,1H3. The normalized spacial score (nSPS) is 11.6. The van der Waals surface area contributed by atoms with Gasteiger partial charge in [0.1, 0.15) is 11.6 Å². The number of halogens is 4. The Hall–Kier alpha value is -3.20. The summed E-state index contributed by atoms with van der Waals surface area (Å²) in [7, 11) is 0. The lowest BCUT2D eigenvalue weighted by molar-refractivity contribution is -0.141. The van der Waals surface area contributed by atoms with Gasteiger partial charge in [-0.15, -0.1) is 11.3 Å². The molecule has 0 saturated heterocycles. The molecule has 4 rings (SSSR count). The summed E-state index contributed by atoms with van der Waals surface area (Å²) in [5, 5.41) is 5.72. The molecule has 30 heavy (non-hydrogen) atoms. The van der Waals surface area contributed by atoms with Crippen LogP contribution in [0.25, 0.3) is 27.6 Å². The molecule has 0 amide bonds. The molecule has 0 saturated carbocycles. The largest absolute Gasteiger partial charge is 0.494 e. The molecule has 0 N–H and O–H groups in total. The summed E-state index contributed by atoms with van der Waals surface area (Å²) in [5.41, 5.74) is 0.969. The van der Waals surface area contributed by atoms with E-state index >= 15 is 0 Å². The molecule has 0 fully saturated rings. The van der Waals surface area contributed by atoms with Crippen LogP contribution in [0.2, 0.25) is 0 Å². The quantitative estimate of drug-likeness (QED) is 0.351. The van der Waals surface area contributed by atoms with E-state index in [1.165, 1.54) is 16.8 Å². The van der Waals surface area contributed by atoms with Crippen LogP contribution in [0.4, 0.5) is 17.6 Å². The highest BCUT2D eigenvalue weighted by Crippen LogP contribution is 2.35. The lowest BCUT2D eigenvalue weighted by Crippen LogP contribution is -2.07. The van der Waals surface area contributed by atoms with Gasteiger partial charge in [-0.1, -0.05) is 0 Å². The van der Waals surface area contributed by atoms with Gasteiger partial charge in [0.2, 0.25) is 5.13 Å². The Morgan fingerprint density at radius 2 is 1.67 bits per heavy atom. The number of nitrogens with zero attached hydrogens (tertiary/aromatic N) is 3. The molecule has 2 heterocycles. The summed E-state index contributed by atoms with van der Waals surface area (Å²) in [5.74, 6) is 0.241. The maximum atomic E-state index is 13.3. The smallest absolute Gasteiger partial charge is 0.435 e. The molecule has 0 atom stereocenters. The molecule has 2 aromatic carbocycles. The van der Waals surface area contributed by atoms with Gasteiger partial charge in [0.15, 0.2) is 5.69 Å². The Kier molecular flexibility index (Phi) is 5.29. The van der Waals surface area contributed by atoms with Crippen LogP contribution in [0.1, 0.15) is 12.6 Å². The third kappa shape index (κ3) is 4.06. The van der Waals surface area contributed by atoms with E-state index < -0.39 is 11.9 Å². The van der Waals surface area contributed by atoms with E-state index in [9.17, 15) is 17.6 Å². The highest BCUT2D eigenvalue weighted by atomic mass is 32.1. The van der Waals surface area contributed by atoms with E-state index in [1.807, 2.05) is 6.92 Å². The first-order chi connectivity index (χ1) is 14.3. The number of aromatic nitrogens is 3. The molecule has 0 spiro atoms. The molecule has 9 heteroatoms. The molecule has 0 radical (unpaired) electrons. The zero-order valence-electron chi connectivity index (χ0n) is 15.7. The summed E-state index contributed by atoms with van der Waals surface area (Å²) in [4.78, 5) is 4.41. The van der Waals surface area contributed by atoms with E-state index in [2.05, 4.69) is 10.1 Å². The van der Waals surface area contributed by atoms with Crippen molar-refractivity contribution in [3.8, 4) is 33.4 Å². The van der Waals surface area contributed by atoms with Crippen LogP contribution in [-0.2, 0) is 6.18 Å². The second-order valence-corrected chi connectivity index (χ2v) is 7.14. The molecule has 0 aliphatic carbocycles. The summed E-state index contributed by atoms with van der Waals surface area (Å²) >= 11 is 1.15. The third-order valence-electron chi connectivity index (χ3n) is 4.27. The monoisotopic (exact) mass is 433 g/mol. The average Bonchev–Trinajstić information content (AvgIpc) is 3.36. The molecular formula is C21H15F4N3OS. The number of ether oxygens (including phenoxy) is 1. The molecule has 0 aliphatic rings. The Morgan fingerprint density at radius 3 is 2.30 bits per heavy atom. The Balaban J connectivity index is 1.77. The second kappa shape index (κ2) is 7.91. The summed E-state index contributed by atoms with van der Waals surface area (Å²) < 4.78 is 59.7. The van der Waals surface area contributed by atoms with Crippen molar-refractivity contribution in [2.75, 3.05) is 6.61 Å². The average molecular weight is 433 g/mol. The summed E-state index contributed by atoms with van der Waals surface area (Å²) in [6.45, 7) is 2.33. The fourth-order valence-electron chi connectivity index (χ4n) is 2.87. The second-order valence-electron chi connectivity index (χ2n) is 6.30. The number of hydrogen-bond acceptors (Lipinski definition) is 4. The van der Waals surface area contributed by atoms with Crippen molar-refractivity contribution in [1.82, 2.24) is 14.8 Å². The van der Waals surface area contributed by atoms with Gasteiger partial charge in [0, 0.05) is 16.5 Å². The molecular weight excluding hydrogens is 418 g/mol. The van der Waals surface area contributed by atoms with Crippen LogP contribution in [0, 0.1) is 5.82 Å². The number of alkyl halides is 3. The van der Waals surface area contributed by atoms with E-state index in [4.69, 9.17) is 4.74 Å². The molecule has 4 aromatic rings. The van der Waals surface area contributed by atoms with Crippen LogP contribution in [-0.4, -0.2) is 21.4 Å². The van der Waals surface area contributed by atoms with Gasteiger partial charge in [0.25, 0.3) is 0 Å². The van der Waals surface area contributed by atoms with Gasteiger partial charge in [0.05, 0.1) is 18.0 Å². The topological polar surface area (TPSA) is 39.9 Å². The van der Waals surface area contributed by atoms with Gasteiger partial charge < -0.3 is 4.74 Å². The first kappa shape index (κ1) is 20.1. The van der Waals surface area contributed by atoms with Crippen molar-refractivity contribution in [2.45, 2.75) is 13.1 Å². The van der Waals surface area contributed by atoms with E-state index in [0.717, 1.165) is 17.4 Å². The number of thiazole rings is 1. The fraction of sp³-hybridized carbons (Fsp3) is 0.143.